The van der Waals surface area contributed by atoms with E-state index in [4.69, 9.17) is 0 Å². The molecule has 1 aliphatic heterocycles. The van der Waals surface area contributed by atoms with E-state index in [1.165, 1.54) is 22.9 Å². The number of nitrogens with zero attached hydrogens (tertiary/aromatic N) is 1. The largest absolute Gasteiger partial charge is 0.308 e. The lowest BCUT2D eigenvalue weighted by molar-refractivity contribution is 0.0496. The maximum atomic E-state index is 3.78. The average molecular weight is 339 g/mol. The number of benzene rings is 1. The molecule has 1 N–H and O–H groups in total. The summed E-state index contributed by atoms with van der Waals surface area (Å²) in [5.74, 6) is 0. The van der Waals surface area contributed by atoms with Gasteiger partial charge in [-0.25, -0.2) is 0 Å². The van der Waals surface area contributed by atoms with E-state index in [0.29, 0.717) is 12.1 Å². The summed E-state index contributed by atoms with van der Waals surface area (Å²) < 4.78 is 1.17. The van der Waals surface area contributed by atoms with Crippen molar-refractivity contribution in [2.75, 3.05) is 13.1 Å². The van der Waals surface area contributed by atoms with Gasteiger partial charge in [0.25, 0.3) is 0 Å². The second-order valence-electron chi connectivity index (χ2n) is 6.12. The van der Waals surface area contributed by atoms with E-state index in [1.54, 1.807) is 0 Å². The Labute approximate surface area is 132 Å². The summed E-state index contributed by atoms with van der Waals surface area (Å²) in [6, 6.07) is 9.76. The molecule has 2 rings (SSSR count). The third-order valence-electron chi connectivity index (χ3n) is 5.01. The SMILES string of the molecule is CCC1(CC)CN(C(C)c2cccc(Br)c2)C(C)CN1. The molecule has 112 valence electrons. The lowest BCUT2D eigenvalue weighted by atomic mass is 9.87. The van der Waals surface area contributed by atoms with Gasteiger partial charge in [0, 0.05) is 35.2 Å². The Kier molecular flexibility index (Phi) is 5.27. The van der Waals surface area contributed by atoms with E-state index in [9.17, 15) is 0 Å². The zero-order valence-electron chi connectivity index (χ0n) is 13.1. The van der Waals surface area contributed by atoms with Gasteiger partial charge in [0.2, 0.25) is 0 Å². The molecule has 0 aliphatic carbocycles. The van der Waals surface area contributed by atoms with E-state index in [0.717, 1.165) is 13.1 Å². The molecule has 20 heavy (non-hydrogen) atoms. The van der Waals surface area contributed by atoms with E-state index >= 15 is 0 Å². The van der Waals surface area contributed by atoms with Crippen molar-refractivity contribution in [3.8, 4) is 0 Å². The topological polar surface area (TPSA) is 15.3 Å². The Balaban J connectivity index is 2.20. The van der Waals surface area contributed by atoms with Crippen molar-refractivity contribution in [1.82, 2.24) is 10.2 Å². The highest BCUT2D eigenvalue weighted by Crippen LogP contribution is 2.31. The van der Waals surface area contributed by atoms with Crippen LogP contribution in [0.5, 0.6) is 0 Å². The zero-order chi connectivity index (χ0) is 14.8. The molecule has 1 fully saturated rings. The van der Waals surface area contributed by atoms with Crippen molar-refractivity contribution in [2.45, 2.75) is 58.2 Å². The first-order chi connectivity index (χ1) is 9.51. The molecule has 0 spiro atoms. The third-order valence-corrected chi connectivity index (χ3v) is 5.50. The second kappa shape index (κ2) is 6.59. The van der Waals surface area contributed by atoms with Gasteiger partial charge in [0.15, 0.2) is 0 Å². The fourth-order valence-corrected chi connectivity index (χ4v) is 3.66. The van der Waals surface area contributed by atoms with Crippen molar-refractivity contribution in [3.05, 3.63) is 34.3 Å². The normalized spacial score (nSPS) is 24.6. The summed E-state index contributed by atoms with van der Waals surface area (Å²) in [5.41, 5.74) is 1.68. The molecule has 3 heteroatoms. The van der Waals surface area contributed by atoms with Crippen LogP contribution in [0.4, 0.5) is 0 Å². The van der Waals surface area contributed by atoms with Crippen molar-refractivity contribution < 1.29 is 0 Å². The van der Waals surface area contributed by atoms with Gasteiger partial charge in [-0.2, -0.15) is 0 Å². The number of rotatable bonds is 4. The molecule has 0 amide bonds. The van der Waals surface area contributed by atoms with Crippen molar-refractivity contribution in [3.63, 3.8) is 0 Å². The first-order valence-electron chi connectivity index (χ1n) is 7.77. The fourth-order valence-electron chi connectivity index (χ4n) is 3.24. The maximum absolute atomic E-state index is 3.78. The van der Waals surface area contributed by atoms with Crippen LogP contribution in [-0.4, -0.2) is 29.6 Å². The lowest BCUT2D eigenvalue weighted by Crippen LogP contribution is -2.63. The Morgan fingerprint density at radius 2 is 2.10 bits per heavy atom. The summed E-state index contributed by atoms with van der Waals surface area (Å²) in [5, 5.41) is 3.78. The van der Waals surface area contributed by atoms with Gasteiger partial charge in [0.1, 0.15) is 0 Å². The van der Waals surface area contributed by atoms with Crippen LogP contribution < -0.4 is 5.32 Å². The Morgan fingerprint density at radius 3 is 2.70 bits per heavy atom. The molecular formula is C17H27BrN2. The minimum atomic E-state index is 0.285. The molecule has 2 atom stereocenters. The predicted molar refractivity (Wildman–Crippen MR) is 90.0 cm³/mol. The van der Waals surface area contributed by atoms with E-state index < -0.39 is 0 Å². The first-order valence-corrected chi connectivity index (χ1v) is 8.57. The molecule has 1 aromatic rings. The van der Waals surface area contributed by atoms with Crippen LogP contribution in [0.3, 0.4) is 0 Å². The average Bonchev–Trinajstić information content (AvgIpc) is 2.47. The van der Waals surface area contributed by atoms with Crippen LogP contribution in [-0.2, 0) is 0 Å². The number of piperazine rings is 1. The Morgan fingerprint density at radius 1 is 1.40 bits per heavy atom. The van der Waals surface area contributed by atoms with Crippen molar-refractivity contribution in [2.24, 2.45) is 0 Å². The van der Waals surface area contributed by atoms with Gasteiger partial charge in [0.05, 0.1) is 0 Å². The number of halogens is 1. The lowest BCUT2D eigenvalue weighted by Gasteiger charge is -2.49. The fraction of sp³-hybridized carbons (Fsp3) is 0.647. The third kappa shape index (κ3) is 3.26. The Hall–Kier alpha value is -0.380. The quantitative estimate of drug-likeness (QED) is 0.877. The number of hydrogen-bond donors (Lipinski definition) is 1. The number of nitrogens with one attached hydrogen (secondary N) is 1. The van der Waals surface area contributed by atoms with E-state index in [2.05, 4.69) is 78.1 Å². The van der Waals surface area contributed by atoms with Crippen LogP contribution in [0.15, 0.2) is 28.7 Å². The monoisotopic (exact) mass is 338 g/mol. The van der Waals surface area contributed by atoms with Crippen LogP contribution in [0, 0.1) is 0 Å². The molecule has 2 nitrogen and oxygen atoms in total. The van der Waals surface area contributed by atoms with Gasteiger partial charge < -0.3 is 5.32 Å². The van der Waals surface area contributed by atoms with Gasteiger partial charge in [-0.05, 0) is 44.4 Å². The summed E-state index contributed by atoms with van der Waals surface area (Å²) in [6.45, 7) is 11.5. The van der Waals surface area contributed by atoms with Crippen molar-refractivity contribution >= 4 is 15.9 Å². The van der Waals surface area contributed by atoms with Crippen molar-refractivity contribution in [1.29, 1.82) is 0 Å². The summed E-state index contributed by atoms with van der Waals surface area (Å²) in [7, 11) is 0. The Bertz CT molecular complexity index is 442. The molecule has 0 aromatic heterocycles. The van der Waals surface area contributed by atoms with Crippen LogP contribution in [0.2, 0.25) is 0 Å². The van der Waals surface area contributed by atoms with Gasteiger partial charge >= 0.3 is 0 Å². The molecule has 1 heterocycles. The van der Waals surface area contributed by atoms with Gasteiger partial charge in [-0.3, -0.25) is 4.90 Å². The smallest absolute Gasteiger partial charge is 0.0324 e. The van der Waals surface area contributed by atoms with Gasteiger partial charge in [-0.15, -0.1) is 0 Å². The number of hydrogen-bond acceptors (Lipinski definition) is 2. The first kappa shape index (κ1) is 16.0. The van der Waals surface area contributed by atoms with Crippen LogP contribution in [0.1, 0.15) is 52.1 Å². The molecule has 2 unspecified atom stereocenters. The van der Waals surface area contributed by atoms with Gasteiger partial charge in [-0.1, -0.05) is 41.9 Å². The molecule has 1 aliphatic rings. The molecule has 0 radical (unpaired) electrons. The zero-order valence-corrected chi connectivity index (χ0v) is 14.7. The van der Waals surface area contributed by atoms with E-state index in [1.807, 2.05) is 0 Å². The van der Waals surface area contributed by atoms with E-state index in [-0.39, 0.29) is 5.54 Å². The molecule has 1 saturated heterocycles. The highest BCUT2D eigenvalue weighted by atomic mass is 79.9. The van der Waals surface area contributed by atoms with Crippen LogP contribution >= 0.6 is 15.9 Å². The second-order valence-corrected chi connectivity index (χ2v) is 7.04. The minimum Gasteiger partial charge on any atom is -0.308 e. The minimum absolute atomic E-state index is 0.285. The predicted octanol–water partition coefficient (Wildman–Crippen LogP) is 4.36. The van der Waals surface area contributed by atoms with Crippen LogP contribution in [0.25, 0.3) is 0 Å². The molecule has 1 aromatic carbocycles. The standard InChI is InChI=1S/C17H27BrN2/c1-5-17(6-2)12-20(13(3)11-19-17)14(4)15-8-7-9-16(18)10-15/h7-10,13-14,19H,5-6,11-12H2,1-4H3. The summed E-state index contributed by atoms with van der Waals surface area (Å²) in [4.78, 5) is 2.66. The molecular weight excluding hydrogens is 312 g/mol. The summed E-state index contributed by atoms with van der Waals surface area (Å²) in [6.07, 6.45) is 2.38. The molecule has 0 saturated carbocycles. The highest BCUT2D eigenvalue weighted by molar-refractivity contribution is 9.10. The maximum Gasteiger partial charge on any atom is 0.0324 e. The summed E-state index contributed by atoms with van der Waals surface area (Å²) >= 11 is 3.59. The molecule has 0 bridgehead atoms. The highest BCUT2D eigenvalue weighted by Gasteiger charge is 2.37.